The molecule has 2 aliphatic rings. The van der Waals surface area contributed by atoms with Crippen LogP contribution < -0.4 is 11.5 Å². The second-order valence-electron chi connectivity index (χ2n) is 9.02. The van der Waals surface area contributed by atoms with E-state index in [1.54, 1.807) is 15.5 Å². The van der Waals surface area contributed by atoms with Crippen molar-refractivity contribution in [3.05, 3.63) is 25.3 Å². The van der Waals surface area contributed by atoms with Crippen LogP contribution in [-0.2, 0) is 32.2 Å². The summed E-state index contributed by atoms with van der Waals surface area (Å²) in [5.41, 5.74) is 13.6. The normalized spacial score (nSPS) is 25.7. The van der Waals surface area contributed by atoms with Crippen LogP contribution in [0.15, 0.2) is 25.3 Å². The van der Waals surface area contributed by atoms with Gasteiger partial charge in [-0.1, -0.05) is 0 Å². The minimum absolute atomic E-state index is 0.0124. The van der Waals surface area contributed by atoms with Crippen molar-refractivity contribution in [1.29, 1.82) is 0 Å². The van der Waals surface area contributed by atoms with Gasteiger partial charge in [0, 0.05) is 15.6 Å². The molecule has 6 heterocycles. The molecule has 5 N–H and O–H groups in total. The Kier molecular flexibility index (Phi) is 7.57. The van der Waals surface area contributed by atoms with Gasteiger partial charge in [0.2, 0.25) is 0 Å². The van der Waals surface area contributed by atoms with Crippen molar-refractivity contribution in [2.24, 2.45) is 0 Å². The van der Waals surface area contributed by atoms with E-state index >= 15 is 0 Å². The third kappa shape index (κ3) is 5.35. The van der Waals surface area contributed by atoms with Crippen LogP contribution in [0.1, 0.15) is 31.7 Å². The maximum Gasteiger partial charge on any atom is 0.697 e. The van der Waals surface area contributed by atoms with Crippen molar-refractivity contribution >= 4 is 50.5 Å². The van der Waals surface area contributed by atoms with Crippen LogP contribution in [0.2, 0.25) is 0 Å². The lowest BCUT2D eigenvalue weighted by Crippen LogP contribution is -2.27. The number of anilines is 2. The van der Waals surface area contributed by atoms with Crippen molar-refractivity contribution in [2.75, 3.05) is 24.7 Å². The SMILES string of the molecule is Nc1ncnc2c1ncn2[C@H]1CC[C@@H](CO[P+](=O)O[C@H]2C[C@H](n3cnc4c(N)ncnc43)O[C@@H]2CO[P+](=O)O)O1. The standard InChI is InChI=1S/C20H23N10O8P2/c21-17-15-19(25-6-23-17)29(8-27-15)13-2-1-10(36-13)4-35-40(33)38-11-3-14(37-12(11)5-34-39(31)32)30-9-28-16-18(22)24-7-26-20(16)30/h6-14H,1-5H2,(H4-,21,22,23,24,25,26,31,32)/q+1/p+1/t10-,11-,12+,13+,14+/m0/s1. The molecule has 0 saturated carbocycles. The van der Waals surface area contributed by atoms with E-state index < -0.39 is 34.9 Å². The molecule has 2 aliphatic heterocycles. The first-order chi connectivity index (χ1) is 19.4. The first-order valence-electron chi connectivity index (χ1n) is 12.1. The summed E-state index contributed by atoms with van der Waals surface area (Å²) in [4.78, 5) is 33.9. The van der Waals surface area contributed by atoms with Crippen LogP contribution in [-0.4, -0.2) is 75.5 Å². The van der Waals surface area contributed by atoms with Gasteiger partial charge < -0.3 is 20.9 Å². The molecule has 0 spiro atoms. The van der Waals surface area contributed by atoms with Crippen molar-refractivity contribution < 1.29 is 37.1 Å². The molecule has 0 bridgehead atoms. The number of aromatic nitrogens is 8. The fourth-order valence-electron chi connectivity index (χ4n) is 4.73. The predicted octanol–water partition coefficient (Wildman–Crippen LogP) is 1.52. The molecule has 7 atom stereocenters. The average Bonchev–Trinajstić information content (AvgIpc) is 3.72. The fraction of sp³-hybridized carbons (Fsp3) is 0.500. The van der Waals surface area contributed by atoms with E-state index in [0.717, 1.165) is 0 Å². The lowest BCUT2D eigenvalue weighted by atomic mass is 10.2. The minimum atomic E-state index is -2.88. The molecule has 0 aliphatic carbocycles. The van der Waals surface area contributed by atoms with Gasteiger partial charge in [-0.05, 0) is 12.8 Å². The number of hydrogen-bond donors (Lipinski definition) is 3. The zero-order valence-electron chi connectivity index (χ0n) is 20.7. The van der Waals surface area contributed by atoms with Crippen LogP contribution in [0.25, 0.3) is 22.3 Å². The molecule has 4 aromatic rings. The maximum atomic E-state index is 12.8. The highest BCUT2D eigenvalue weighted by atomic mass is 31.1. The molecular weight excluding hydrogens is 570 g/mol. The number of imidazole rings is 2. The smallest absolute Gasteiger partial charge is 0.382 e. The third-order valence-corrected chi connectivity index (χ3v) is 7.77. The van der Waals surface area contributed by atoms with Gasteiger partial charge in [0.15, 0.2) is 22.9 Å². The Morgan fingerprint density at radius 2 is 1.52 bits per heavy atom. The number of nitrogens with zero attached hydrogens (tertiary/aromatic N) is 8. The summed E-state index contributed by atoms with van der Waals surface area (Å²) in [5, 5.41) is 0. The van der Waals surface area contributed by atoms with Crippen molar-refractivity contribution in [2.45, 2.75) is 50.0 Å². The van der Waals surface area contributed by atoms with E-state index in [9.17, 15) is 9.13 Å². The van der Waals surface area contributed by atoms with Crippen LogP contribution in [0, 0.1) is 0 Å². The Labute approximate surface area is 226 Å². The Morgan fingerprint density at radius 3 is 2.17 bits per heavy atom. The number of rotatable bonds is 10. The Bertz CT molecular complexity index is 1570. The van der Waals surface area contributed by atoms with E-state index in [4.69, 9.17) is 39.4 Å². The van der Waals surface area contributed by atoms with Crippen molar-refractivity contribution in [1.82, 2.24) is 39.0 Å². The lowest BCUT2D eigenvalue weighted by Gasteiger charge is -2.14. The molecule has 20 heteroatoms. The number of nitrogen functional groups attached to an aromatic ring is 2. The molecule has 2 saturated heterocycles. The number of fused-ring (bicyclic) bond motifs is 2. The molecule has 0 amide bonds. The first-order valence-corrected chi connectivity index (χ1v) is 14.3. The van der Waals surface area contributed by atoms with Crippen LogP contribution in [0.3, 0.4) is 0 Å². The van der Waals surface area contributed by atoms with Crippen LogP contribution in [0.5, 0.6) is 0 Å². The first kappa shape index (κ1) is 26.9. The van der Waals surface area contributed by atoms with Crippen LogP contribution in [0.4, 0.5) is 11.6 Å². The highest BCUT2D eigenvalue weighted by Crippen LogP contribution is 2.40. The molecule has 2 fully saturated rings. The Hall–Kier alpha value is -3.34. The lowest BCUT2D eigenvalue weighted by molar-refractivity contribution is -0.0381. The Balaban J connectivity index is 1.07. The van der Waals surface area contributed by atoms with E-state index in [1.807, 2.05) is 0 Å². The highest BCUT2D eigenvalue weighted by molar-refractivity contribution is 7.33. The van der Waals surface area contributed by atoms with Gasteiger partial charge in [-0.25, -0.2) is 29.9 Å². The summed E-state index contributed by atoms with van der Waals surface area (Å²) in [6.07, 6.45) is 4.28. The number of nitrogens with two attached hydrogens (primary N) is 2. The summed E-state index contributed by atoms with van der Waals surface area (Å²) in [6.45, 7) is -0.265. The quantitative estimate of drug-likeness (QED) is 0.220. The average molecular weight is 594 g/mol. The summed E-state index contributed by atoms with van der Waals surface area (Å²) in [6, 6.07) is 0. The monoisotopic (exact) mass is 594 g/mol. The Morgan fingerprint density at radius 1 is 0.875 bits per heavy atom. The molecule has 2 unspecified atom stereocenters. The highest BCUT2D eigenvalue weighted by Gasteiger charge is 2.45. The molecule has 4 aromatic heterocycles. The predicted molar refractivity (Wildman–Crippen MR) is 135 cm³/mol. The molecular formula is C20H24N10O8P2+2. The third-order valence-electron chi connectivity index (χ3n) is 6.60. The number of ether oxygens (including phenoxy) is 2. The van der Waals surface area contributed by atoms with E-state index in [1.165, 1.54) is 19.0 Å². The fourth-order valence-corrected chi connectivity index (χ4v) is 5.80. The van der Waals surface area contributed by atoms with Gasteiger partial charge in [-0.2, -0.15) is 0 Å². The topological polar surface area (TPSA) is 240 Å². The molecule has 0 aromatic carbocycles. The second kappa shape index (κ2) is 11.3. The van der Waals surface area contributed by atoms with Crippen molar-refractivity contribution in [3.63, 3.8) is 0 Å². The minimum Gasteiger partial charge on any atom is -0.382 e. The van der Waals surface area contributed by atoms with Crippen LogP contribution >= 0.6 is 16.5 Å². The summed E-state index contributed by atoms with van der Waals surface area (Å²) < 4.78 is 55.3. The molecule has 6 rings (SSSR count). The summed E-state index contributed by atoms with van der Waals surface area (Å²) in [7, 11) is -5.47. The van der Waals surface area contributed by atoms with Gasteiger partial charge in [0.05, 0.1) is 18.8 Å². The summed E-state index contributed by atoms with van der Waals surface area (Å²) >= 11 is 0. The van der Waals surface area contributed by atoms with Gasteiger partial charge in [-0.3, -0.25) is 9.13 Å². The summed E-state index contributed by atoms with van der Waals surface area (Å²) in [5.74, 6) is 0.486. The van der Waals surface area contributed by atoms with E-state index in [2.05, 4.69) is 29.9 Å². The molecule has 18 nitrogen and oxygen atoms in total. The number of hydrogen-bond acceptors (Lipinski definition) is 15. The van der Waals surface area contributed by atoms with E-state index in [-0.39, 0.29) is 43.6 Å². The largest absolute Gasteiger partial charge is 0.697 e. The van der Waals surface area contributed by atoms with Gasteiger partial charge in [0.1, 0.15) is 61.6 Å². The van der Waals surface area contributed by atoms with Gasteiger partial charge >= 0.3 is 16.5 Å². The zero-order chi connectivity index (χ0) is 27.8. The van der Waals surface area contributed by atoms with Gasteiger partial charge in [-0.15, -0.1) is 18.5 Å². The van der Waals surface area contributed by atoms with Gasteiger partial charge in [0.25, 0.3) is 0 Å². The maximum absolute atomic E-state index is 12.8. The molecule has 40 heavy (non-hydrogen) atoms. The zero-order valence-corrected chi connectivity index (χ0v) is 22.5. The second-order valence-corrected chi connectivity index (χ2v) is 10.7. The van der Waals surface area contributed by atoms with Crippen molar-refractivity contribution in [3.8, 4) is 0 Å². The van der Waals surface area contributed by atoms with E-state index in [0.29, 0.717) is 35.2 Å². The molecule has 0 radical (unpaired) electrons. The molecule has 210 valence electrons.